The molecule has 1 atom stereocenters. The maximum Gasteiger partial charge on any atom is 0.260 e. The second kappa shape index (κ2) is 11.2. The normalized spacial score (nSPS) is 14.0. The maximum atomic E-state index is 13.4. The molecule has 4 nitrogen and oxygen atoms in total. The fraction of sp³-hybridized carbons (Fsp3) is 0.480. The van der Waals surface area contributed by atoms with Gasteiger partial charge >= 0.3 is 0 Å². The lowest BCUT2D eigenvalue weighted by atomic mass is 10.1. The molecule has 0 N–H and O–H groups in total. The number of amides is 1. The Balaban J connectivity index is 1.65. The van der Waals surface area contributed by atoms with Crippen LogP contribution in [-0.4, -0.2) is 35.7 Å². The van der Waals surface area contributed by atoms with E-state index in [1.165, 1.54) is 36.1 Å². The van der Waals surface area contributed by atoms with Crippen LogP contribution in [0.25, 0.3) is 0 Å². The number of rotatable bonds is 10. The Morgan fingerprint density at radius 3 is 2.68 bits per heavy atom. The van der Waals surface area contributed by atoms with Crippen LogP contribution in [0.3, 0.4) is 0 Å². The highest BCUT2D eigenvalue weighted by atomic mass is 32.2. The van der Waals surface area contributed by atoms with Gasteiger partial charge in [0.15, 0.2) is 0 Å². The molecule has 1 aliphatic heterocycles. The van der Waals surface area contributed by atoms with Crippen molar-refractivity contribution in [3.05, 3.63) is 53.6 Å². The van der Waals surface area contributed by atoms with Gasteiger partial charge in [-0.3, -0.25) is 9.10 Å². The summed E-state index contributed by atoms with van der Waals surface area (Å²) < 4.78 is 13.6. The second-order valence-corrected chi connectivity index (χ2v) is 11.1. The second-order valence-electron chi connectivity index (χ2n) is 8.53. The van der Waals surface area contributed by atoms with Crippen molar-refractivity contribution in [2.24, 2.45) is 5.92 Å². The molecule has 0 aromatic heterocycles. The van der Waals surface area contributed by atoms with E-state index in [0.29, 0.717) is 17.8 Å². The molecule has 3 rings (SSSR count). The molecule has 31 heavy (non-hydrogen) atoms. The third kappa shape index (κ3) is 6.13. The van der Waals surface area contributed by atoms with Crippen LogP contribution in [0.1, 0.15) is 55.5 Å². The van der Waals surface area contributed by atoms with Gasteiger partial charge in [-0.2, -0.15) is 0 Å². The number of benzene rings is 2. The molecule has 6 heteroatoms. The van der Waals surface area contributed by atoms with E-state index in [1.54, 1.807) is 17.6 Å². The molecule has 2 aromatic carbocycles. The number of thioether (sulfide) groups is 1. The molecule has 0 spiro atoms. The van der Waals surface area contributed by atoms with Crippen molar-refractivity contribution in [1.29, 1.82) is 0 Å². The minimum Gasteiger partial charge on any atom is -0.308 e. The lowest BCUT2D eigenvalue weighted by molar-refractivity contribution is 0.0990. The van der Waals surface area contributed by atoms with Crippen LogP contribution in [0.4, 0.5) is 11.4 Å². The van der Waals surface area contributed by atoms with Gasteiger partial charge < -0.3 is 4.90 Å². The number of anilines is 2. The number of nitrogens with zero attached hydrogens (tertiary/aromatic N) is 2. The lowest BCUT2D eigenvalue weighted by Gasteiger charge is -2.23. The fourth-order valence-corrected chi connectivity index (χ4v) is 5.32. The van der Waals surface area contributed by atoms with Gasteiger partial charge in [0, 0.05) is 30.4 Å². The summed E-state index contributed by atoms with van der Waals surface area (Å²) in [6.45, 7) is 5.26. The van der Waals surface area contributed by atoms with Gasteiger partial charge in [0.05, 0.1) is 11.3 Å². The van der Waals surface area contributed by atoms with Crippen molar-refractivity contribution in [3.8, 4) is 0 Å². The first-order valence-corrected chi connectivity index (χ1v) is 13.6. The molecule has 0 fully saturated rings. The van der Waals surface area contributed by atoms with Crippen molar-refractivity contribution >= 4 is 40.0 Å². The van der Waals surface area contributed by atoms with E-state index < -0.39 is 11.0 Å². The Morgan fingerprint density at radius 1 is 1.16 bits per heavy atom. The molecule has 168 valence electrons. The van der Waals surface area contributed by atoms with Gasteiger partial charge in [-0.1, -0.05) is 45.2 Å². The number of para-hydroxylation sites is 1. The lowest BCUT2D eigenvalue weighted by Crippen LogP contribution is -2.31. The minimum absolute atomic E-state index is 0.0304. The smallest absolute Gasteiger partial charge is 0.260 e. The summed E-state index contributed by atoms with van der Waals surface area (Å²) in [5.74, 6) is 1.91. The first-order chi connectivity index (χ1) is 14.9. The third-order valence-corrected chi connectivity index (χ3v) is 7.79. The van der Waals surface area contributed by atoms with E-state index in [9.17, 15) is 9.00 Å². The molecule has 1 amide bonds. The minimum atomic E-state index is -1.19. The highest BCUT2D eigenvalue weighted by Crippen LogP contribution is 2.34. The van der Waals surface area contributed by atoms with Crippen molar-refractivity contribution in [2.75, 3.05) is 34.8 Å². The summed E-state index contributed by atoms with van der Waals surface area (Å²) >= 11 is 1.92. The number of hydrogen-bond donors (Lipinski definition) is 0. The summed E-state index contributed by atoms with van der Waals surface area (Å²) in [5, 5.41) is 0. The van der Waals surface area contributed by atoms with Gasteiger partial charge in [-0.25, -0.2) is 4.21 Å². The molecule has 1 aliphatic rings. The average Bonchev–Trinajstić information content (AvgIpc) is 3.18. The van der Waals surface area contributed by atoms with Crippen LogP contribution in [0.5, 0.6) is 0 Å². The molecule has 1 unspecified atom stereocenters. The predicted molar refractivity (Wildman–Crippen MR) is 135 cm³/mol. The Labute approximate surface area is 194 Å². The summed E-state index contributed by atoms with van der Waals surface area (Å²) in [4.78, 5) is 16.5. The van der Waals surface area contributed by atoms with Crippen LogP contribution >= 0.6 is 11.8 Å². The zero-order chi connectivity index (χ0) is 22.4. The van der Waals surface area contributed by atoms with Crippen molar-refractivity contribution in [2.45, 2.75) is 50.8 Å². The summed E-state index contributed by atoms with van der Waals surface area (Å²) in [6.07, 6.45) is 7.69. The van der Waals surface area contributed by atoms with E-state index in [1.807, 2.05) is 40.9 Å². The molecule has 0 saturated heterocycles. The Bertz CT molecular complexity index is 929. The Kier molecular flexibility index (Phi) is 8.61. The highest BCUT2D eigenvalue weighted by Gasteiger charge is 2.28. The number of unbranched alkanes of at least 4 members (excludes halogenated alkanes) is 2. The fourth-order valence-electron chi connectivity index (χ4n) is 3.91. The van der Waals surface area contributed by atoms with Crippen LogP contribution < -0.4 is 9.21 Å². The first kappa shape index (κ1) is 23.9. The quantitative estimate of drug-likeness (QED) is 0.327. The van der Waals surface area contributed by atoms with Crippen molar-refractivity contribution < 1.29 is 9.00 Å². The highest BCUT2D eigenvalue weighted by molar-refractivity contribution is 7.99. The topological polar surface area (TPSA) is 40.6 Å². The molecule has 0 saturated carbocycles. The molecular formula is C25H34N2O2S2. The van der Waals surface area contributed by atoms with E-state index in [2.05, 4.69) is 32.0 Å². The predicted octanol–water partition coefficient (Wildman–Crippen LogP) is 5.93. The third-order valence-electron chi connectivity index (χ3n) is 5.75. The van der Waals surface area contributed by atoms with E-state index >= 15 is 0 Å². The zero-order valence-electron chi connectivity index (χ0n) is 19.1. The molecule has 0 bridgehead atoms. The van der Waals surface area contributed by atoms with Crippen LogP contribution in [0, 0.1) is 5.92 Å². The van der Waals surface area contributed by atoms with E-state index in [4.69, 9.17) is 0 Å². The standard InChI is InChI=1S/C25H34N2O2S2/c1-19(2)10-6-5-9-17-30-21-13-14-23-20(18-21)15-16-27(23)25(28)22-11-7-8-12-24(22)26(3)31(4)29/h7-8,11-14,18-19H,5-6,9-10,15-17H2,1-4H3. The summed E-state index contributed by atoms with van der Waals surface area (Å²) in [6, 6.07) is 13.9. The number of fused-ring (bicyclic) bond motifs is 1. The SMILES string of the molecule is CC(C)CCCCCSc1ccc2c(c1)CCN2C(=O)c1ccccc1N(C)S(C)=O. The van der Waals surface area contributed by atoms with Crippen molar-refractivity contribution in [1.82, 2.24) is 0 Å². The Morgan fingerprint density at radius 2 is 1.94 bits per heavy atom. The molecule has 2 aromatic rings. The zero-order valence-corrected chi connectivity index (χ0v) is 20.7. The van der Waals surface area contributed by atoms with Gasteiger partial charge in [-0.15, -0.1) is 11.8 Å². The van der Waals surface area contributed by atoms with Gasteiger partial charge in [-0.05, 0) is 60.4 Å². The number of hydrogen-bond acceptors (Lipinski definition) is 3. The van der Waals surface area contributed by atoms with E-state index in [-0.39, 0.29) is 5.91 Å². The molecular weight excluding hydrogens is 424 g/mol. The van der Waals surface area contributed by atoms with E-state index in [0.717, 1.165) is 23.8 Å². The molecule has 1 heterocycles. The molecule has 0 aliphatic carbocycles. The first-order valence-electron chi connectivity index (χ1n) is 11.1. The van der Waals surface area contributed by atoms with Gasteiger partial charge in [0.1, 0.15) is 11.0 Å². The van der Waals surface area contributed by atoms with Gasteiger partial charge in [0.25, 0.3) is 5.91 Å². The van der Waals surface area contributed by atoms with Crippen LogP contribution in [-0.2, 0) is 17.4 Å². The summed E-state index contributed by atoms with van der Waals surface area (Å²) in [5.41, 5.74) is 3.53. The molecule has 0 radical (unpaired) electrons. The largest absolute Gasteiger partial charge is 0.308 e. The number of carbonyl (C=O) groups is 1. The maximum absolute atomic E-state index is 13.4. The van der Waals surface area contributed by atoms with Crippen LogP contribution in [0.15, 0.2) is 47.4 Å². The van der Waals surface area contributed by atoms with Crippen molar-refractivity contribution in [3.63, 3.8) is 0 Å². The van der Waals surface area contributed by atoms with Gasteiger partial charge in [0.2, 0.25) is 0 Å². The summed E-state index contributed by atoms with van der Waals surface area (Å²) in [7, 11) is 0.570. The van der Waals surface area contributed by atoms with Crippen LogP contribution in [0.2, 0.25) is 0 Å². The number of carbonyl (C=O) groups excluding carboxylic acids is 1. The monoisotopic (exact) mass is 458 g/mol. The average molecular weight is 459 g/mol. The Hall–Kier alpha value is -1.79.